The van der Waals surface area contributed by atoms with Gasteiger partial charge in [0.05, 0.1) is 12.1 Å². The third-order valence-corrected chi connectivity index (χ3v) is 2.20. The van der Waals surface area contributed by atoms with E-state index in [1.54, 1.807) is 13.1 Å². The van der Waals surface area contributed by atoms with Crippen LogP contribution in [0.1, 0.15) is 17.5 Å². The molecule has 0 bridgehead atoms. The number of nitrogens with zero attached hydrogens (tertiary/aromatic N) is 2. The monoisotopic (exact) mass is 214 g/mol. The number of ether oxygens (including phenoxy) is 1. The molecule has 80 valence electrons. The number of aromatic nitrogens is 2. The van der Waals surface area contributed by atoms with E-state index in [1.807, 2.05) is 26.0 Å². The van der Waals surface area contributed by atoms with E-state index in [2.05, 4.69) is 9.97 Å². The zero-order valence-electron chi connectivity index (χ0n) is 9.23. The van der Waals surface area contributed by atoms with Gasteiger partial charge in [0.15, 0.2) is 0 Å². The average molecular weight is 214 g/mol. The molecule has 0 aliphatic rings. The SMILES string of the molecule is Bc1ccc2cnc(C(=O)OCC)nc2c1. The Morgan fingerprint density at radius 2 is 2.31 bits per heavy atom. The lowest BCUT2D eigenvalue weighted by Crippen LogP contribution is -2.10. The first kappa shape index (κ1) is 10.6. The second-order valence-corrected chi connectivity index (χ2v) is 3.48. The highest BCUT2D eigenvalue weighted by Gasteiger charge is 2.10. The van der Waals surface area contributed by atoms with Crippen molar-refractivity contribution in [3.8, 4) is 0 Å². The largest absolute Gasteiger partial charge is 0.460 e. The Hall–Kier alpha value is -1.91. The molecule has 2 aromatic rings. The van der Waals surface area contributed by atoms with Gasteiger partial charge in [-0.15, -0.1) is 0 Å². The molecule has 0 radical (unpaired) electrons. The van der Waals surface area contributed by atoms with E-state index in [0.29, 0.717) is 6.61 Å². The van der Waals surface area contributed by atoms with Gasteiger partial charge in [-0.3, -0.25) is 0 Å². The molecule has 16 heavy (non-hydrogen) atoms. The number of esters is 1. The molecule has 0 aliphatic heterocycles. The highest BCUT2D eigenvalue weighted by Crippen LogP contribution is 2.08. The van der Waals surface area contributed by atoms with E-state index in [9.17, 15) is 4.79 Å². The highest BCUT2D eigenvalue weighted by molar-refractivity contribution is 6.33. The molecule has 1 aromatic heterocycles. The summed E-state index contributed by atoms with van der Waals surface area (Å²) in [5.41, 5.74) is 1.86. The van der Waals surface area contributed by atoms with E-state index in [1.165, 1.54) is 0 Å². The van der Waals surface area contributed by atoms with Gasteiger partial charge in [0, 0.05) is 11.6 Å². The maximum Gasteiger partial charge on any atom is 0.376 e. The highest BCUT2D eigenvalue weighted by atomic mass is 16.5. The Kier molecular flexibility index (Phi) is 2.85. The number of carbonyl (C=O) groups is 1. The van der Waals surface area contributed by atoms with Crippen LogP contribution in [0.5, 0.6) is 0 Å². The summed E-state index contributed by atoms with van der Waals surface area (Å²) < 4.78 is 4.84. The smallest absolute Gasteiger partial charge is 0.376 e. The molecule has 2 rings (SSSR count). The van der Waals surface area contributed by atoms with Crippen molar-refractivity contribution in [1.82, 2.24) is 9.97 Å². The van der Waals surface area contributed by atoms with Crippen LogP contribution >= 0.6 is 0 Å². The first-order valence-electron chi connectivity index (χ1n) is 5.11. The van der Waals surface area contributed by atoms with Gasteiger partial charge in [-0.2, -0.15) is 0 Å². The third-order valence-electron chi connectivity index (χ3n) is 2.20. The Balaban J connectivity index is 2.46. The number of hydrogen-bond acceptors (Lipinski definition) is 4. The number of hydrogen-bond donors (Lipinski definition) is 0. The lowest BCUT2D eigenvalue weighted by molar-refractivity contribution is 0.0512. The Bertz CT molecular complexity index is 542. The molecule has 0 amide bonds. The molecule has 0 N–H and O–H groups in total. The van der Waals surface area contributed by atoms with Crippen molar-refractivity contribution < 1.29 is 9.53 Å². The van der Waals surface area contributed by atoms with Crippen molar-refractivity contribution >= 4 is 30.2 Å². The molecule has 5 heteroatoms. The molecule has 0 spiro atoms. The summed E-state index contributed by atoms with van der Waals surface area (Å²) in [7, 11) is 1.98. The second kappa shape index (κ2) is 4.30. The van der Waals surface area contributed by atoms with E-state index >= 15 is 0 Å². The summed E-state index contributed by atoms with van der Waals surface area (Å²) in [5, 5.41) is 0.915. The van der Waals surface area contributed by atoms with Crippen molar-refractivity contribution in [2.45, 2.75) is 6.92 Å². The first-order valence-corrected chi connectivity index (χ1v) is 5.11. The molecule has 0 saturated heterocycles. The fourth-order valence-corrected chi connectivity index (χ4v) is 1.43. The first-order chi connectivity index (χ1) is 7.70. The van der Waals surface area contributed by atoms with Gasteiger partial charge in [-0.25, -0.2) is 14.8 Å². The average Bonchev–Trinajstić information content (AvgIpc) is 2.28. The number of carbonyl (C=O) groups excluding carboxylic acids is 1. The predicted octanol–water partition coefficient (Wildman–Crippen LogP) is 0.0649. The molecular weight excluding hydrogens is 203 g/mol. The summed E-state index contributed by atoms with van der Waals surface area (Å²) in [4.78, 5) is 19.6. The maximum atomic E-state index is 11.4. The summed E-state index contributed by atoms with van der Waals surface area (Å²) >= 11 is 0. The van der Waals surface area contributed by atoms with Gasteiger partial charge in [0.1, 0.15) is 7.85 Å². The molecule has 0 fully saturated rings. The zero-order valence-corrected chi connectivity index (χ0v) is 9.23. The van der Waals surface area contributed by atoms with E-state index < -0.39 is 5.97 Å². The molecule has 1 aromatic carbocycles. The van der Waals surface area contributed by atoms with Crippen molar-refractivity contribution in [3.63, 3.8) is 0 Å². The van der Waals surface area contributed by atoms with Gasteiger partial charge >= 0.3 is 5.97 Å². The number of benzene rings is 1. The summed E-state index contributed by atoms with van der Waals surface area (Å²) in [6.07, 6.45) is 1.63. The molecule has 1 heterocycles. The topological polar surface area (TPSA) is 52.1 Å². The minimum absolute atomic E-state index is 0.111. The van der Waals surface area contributed by atoms with Crippen LogP contribution in [0.3, 0.4) is 0 Å². The lowest BCUT2D eigenvalue weighted by atomic mass is 9.95. The second-order valence-electron chi connectivity index (χ2n) is 3.48. The Morgan fingerprint density at radius 1 is 1.50 bits per heavy atom. The summed E-state index contributed by atoms with van der Waals surface area (Å²) in [5.74, 6) is -0.370. The molecule has 0 atom stereocenters. The van der Waals surface area contributed by atoms with Crippen LogP contribution in [0, 0.1) is 0 Å². The quantitative estimate of drug-likeness (QED) is 0.524. The standard InChI is InChI=1S/C11H11BN2O2/c1-2-16-11(15)10-13-6-7-3-4-8(12)5-9(7)14-10/h3-6H,2,12H2,1H3. The van der Waals surface area contributed by atoms with E-state index in [0.717, 1.165) is 16.4 Å². The van der Waals surface area contributed by atoms with Gasteiger partial charge in [0.2, 0.25) is 5.82 Å². The summed E-state index contributed by atoms with van der Waals surface area (Å²) in [6.45, 7) is 2.08. The third kappa shape index (κ3) is 2.03. The molecule has 4 nitrogen and oxygen atoms in total. The summed E-state index contributed by atoms with van der Waals surface area (Å²) in [6, 6.07) is 5.83. The van der Waals surface area contributed by atoms with E-state index in [-0.39, 0.29) is 5.82 Å². The van der Waals surface area contributed by atoms with Crippen molar-refractivity contribution in [2.75, 3.05) is 6.61 Å². The minimum atomic E-state index is -0.481. The van der Waals surface area contributed by atoms with Crippen LogP contribution < -0.4 is 5.46 Å². The normalized spacial score (nSPS) is 10.3. The molecule has 0 unspecified atom stereocenters. The van der Waals surface area contributed by atoms with Gasteiger partial charge in [-0.1, -0.05) is 17.6 Å². The van der Waals surface area contributed by atoms with E-state index in [4.69, 9.17) is 4.74 Å². The maximum absolute atomic E-state index is 11.4. The van der Waals surface area contributed by atoms with Gasteiger partial charge in [0.25, 0.3) is 0 Å². The molecule has 0 aliphatic carbocycles. The van der Waals surface area contributed by atoms with Crippen molar-refractivity contribution in [2.24, 2.45) is 0 Å². The molecule has 0 saturated carbocycles. The van der Waals surface area contributed by atoms with Crippen LogP contribution in [-0.2, 0) is 4.74 Å². The lowest BCUT2D eigenvalue weighted by Gasteiger charge is -2.02. The van der Waals surface area contributed by atoms with Crippen molar-refractivity contribution in [1.29, 1.82) is 0 Å². The number of rotatable bonds is 2. The van der Waals surface area contributed by atoms with Crippen LogP contribution in [0.2, 0.25) is 0 Å². The fourth-order valence-electron chi connectivity index (χ4n) is 1.43. The molecular formula is C11H11BN2O2. The van der Waals surface area contributed by atoms with Crippen LogP contribution in [0.25, 0.3) is 10.9 Å². The van der Waals surface area contributed by atoms with Crippen molar-refractivity contribution in [3.05, 3.63) is 30.2 Å². The minimum Gasteiger partial charge on any atom is -0.460 e. The van der Waals surface area contributed by atoms with Crippen LogP contribution in [0.4, 0.5) is 0 Å². The van der Waals surface area contributed by atoms with Gasteiger partial charge < -0.3 is 4.74 Å². The Morgan fingerprint density at radius 3 is 3.06 bits per heavy atom. The van der Waals surface area contributed by atoms with Crippen LogP contribution in [0.15, 0.2) is 24.4 Å². The zero-order chi connectivity index (χ0) is 11.5. The number of fused-ring (bicyclic) bond motifs is 1. The Labute approximate surface area is 94.1 Å². The predicted molar refractivity (Wildman–Crippen MR) is 63.7 cm³/mol. The van der Waals surface area contributed by atoms with Gasteiger partial charge in [-0.05, 0) is 13.0 Å². The fraction of sp³-hybridized carbons (Fsp3) is 0.182. The van der Waals surface area contributed by atoms with Crippen LogP contribution in [-0.4, -0.2) is 30.4 Å².